The molecule has 9 heteroatoms. The van der Waals surface area contributed by atoms with Crippen LogP contribution in [-0.2, 0) is 16.4 Å². The summed E-state index contributed by atoms with van der Waals surface area (Å²) in [6.07, 6.45) is 1.38. The number of nitrogens with two attached hydrogens (primary N) is 1. The first-order valence-corrected chi connectivity index (χ1v) is 9.18. The van der Waals surface area contributed by atoms with E-state index in [1.165, 1.54) is 4.88 Å². The van der Waals surface area contributed by atoms with Crippen LogP contribution >= 0.6 is 11.3 Å². The quantitative estimate of drug-likeness (QED) is 0.662. The molecule has 7 nitrogen and oxygen atoms in total. The minimum atomic E-state index is -3.42. The molecule has 0 atom stereocenters. The molecule has 2 aromatic rings. The Balaban J connectivity index is 2.18. The van der Waals surface area contributed by atoms with Crippen LogP contribution < -0.4 is 15.8 Å². The molecule has 2 aromatic heterocycles. The molecule has 0 aliphatic carbocycles. The van der Waals surface area contributed by atoms with E-state index in [0.29, 0.717) is 18.9 Å². The third-order valence-corrected chi connectivity index (χ3v) is 4.94. The Kier molecular flexibility index (Phi) is 4.96. The summed E-state index contributed by atoms with van der Waals surface area (Å²) in [6, 6.07) is 2.07. The van der Waals surface area contributed by atoms with Gasteiger partial charge in [0.1, 0.15) is 10.6 Å². The van der Waals surface area contributed by atoms with Gasteiger partial charge in [-0.15, -0.1) is 11.3 Å². The van der Waals surface area contributed by atoms with Crippen molar-refractivity contribution in [2.75, 3.05) is 30.0 Å². The van der Waals surface area contributed by atoms with Crippen molar-refractivity contribution in [2.45, 2.75) is 19.8 Å². The maximum Gasteiger partial charge on any atom is 0.225 e. The molecule has 0 spiro atoms. The van der Waals surface area contributed by atoms with Crippen molar-refractivity contribution < 1.29 is 8.42 Å². The van der Waals surface area contributed by atoms with Crippen LogP contribution in [0.15, 0.2) is 6.07 Å². The molecule has 0 amide bonds. The number of anilines is 2. The first kappa shape index (κ1) is 15.9. The fraction of sp³-hybridized carbons (Fsp3) is 0.500. The molecule has 0 radical (unpaired) electrons. The first-order chi connectivity index (χ1) is 9.93. The number of hydrogen-bond donors (Lipinski definition) is 3. The van der Waals surface area contributed by atoms with Crippen LogP contribution in [0, 0.1) is 0 Å². The Labute approximate surface area is 128 Å². The van der Waals surface area contributed by atoms with Crippen LogP contribution in [0.3, 0.4) is 0 Å². The number of rotatable bonds is 7. The Morgan fingerprint density at radius 3 is 2.76 bits per heavy atom. The number of nitrogens with one attached hydrogen (secondary N) is 2. The maximum atomic E-state index is 10.9. The van der Waals surface area contributed by atoms with Crippen LogP contribution in [0.25, 0.3) is 10.2 Å². The van der Waals surface area contributed by atoms with Crippen molar-refractivity contribution in [3.63, 3.8) is 0 Å². The summed E-state index contributed by atoms with van der Waals surface area (Å²) in [5.74, 6) is 1.22. The zero-order valence-electron chi connectivity index (χ0n) is 12.0. The Morgan fingerprint density at radius 1 is 1.38 bits per heavy atom. The second-order valence-electron chi connectivity index (χ2n) is 4.58. The molecule has 116 valence electrons. The van der Waals surface area contributed by atoms with Crippen molar-refractivity contribution in [2.24, 2.45) is 5.14 Å². The van der Waals surface area contributed by atoms with Gasteiger partial charge in [0.05, 0.1) is 11.1 Å². The summed E-state index contributed by atoms with van der Waals surface area (Å²) in [7, 11) is -1.65. The highest BCUT2D eigenvalue weighted by Gasteiger charge is 2.11. The average Bonchev–Trinajstić information content (AvgIpc) is 2.85. The number of aromatic nitrogens is 2. The van der Waals surface area contributed by atoms with Crippen molar-refractivity contribution in [3.8, 4) is 0 Å². The lowest BCUT2D eigenvalue weighted by Crippen LogP contribution is -2.19. The fourth-order valence-corrected chi connectivity index (χ4v) is 3.39. The highest BCUT2D eigenvalue weighted by Crippen LogP contribution is 2.30. The molecular formula is C12H19N5O2S2. The van der Waals surface area contributed by atoms with E-state index >= 15 is 0 Å². The van der Waals surface area contributed by atoms with Gasteiger partial charge >= 0.3 is 0 Å². The first-order valence-electron chi connectivity index (χ1n) is 6.65. The molecule has 21 heavy (non-hydrogen) atoms. The van der Waals surface area contributed by atoms with E-state index in [-0.39, 0.29) is 5.75 Å². The topological polar surface area (TPSA) is 110 Å². The number of primary sulfonamides is 1. The number of sulfonamides is 1. The number of hydrogen-bond acceptors (Lipinski definition) is 7. The zero-order chi connectivity index (χ0) is 15.5. The van der Waals surface area contributed by atoms with Crippen LogP contribution in [0.5, 0.6) is 0 Å². The lowest BCUT2D eigenvalue weighted by atomic mass is 10.3. The highest BCUT2D eigenvalue weighted by molar-refractivity contribution is 7.89. The maximum absolute atomic E-state index is 10.9. The van der Waals surface area contributed by atoms with E-state index in [1.54, 1.807) is 18.4 Å². The summed E-state index contributed by atoms with van der Waals surface area (Å²) in [4.78, 5) is 11.0. The molecule has 0 aliphatic rings. The van der Waals surface area contributed by atoms with Crippen LogP contribution in [0.2, 0.25) is 0 Å². The normalized spacial score (nSPS) is 11.8. The van der Waals surface area contributed by atoms with Crippen LogP contribution in [0.4, 0.5) is 11.8 Å². The highest BCUT2D eigenvalue weighted by atomic mass is 32.2. The number of fused-ring (bicyclic) bond motifs is 1. The summed E-state index contributed by atoms with van der Waals surface area (Å²) in [5, 5.41) is 12.0. The number of thiophene rings is 1. The van der Waals surface area contributed by atoms with Gasteiger partial charge in [-0.1, -0.05) is 6.92 Å². The zero-order valence-corrected chi connectivity index (χ0v) is 13.6. The van der Waals surface area contributed by atoms with Gasteiger partial charge in [0.15, 0.2) is 0 Å². The number of aryl methyl sites for hydroxylation is 1. The van der Waals surface area contributed by atoms with E-state index in [4.69, 9.17) is 5.14 Å². The summed E-state index contributed by atoms with van der Waals surface area (Å²) in [5.41, 5.74) is 0. The molecule has 2 heterocycles. The lowest BCUT2D eigenvalue weighted by Gasteiger charge is -2.08. The molecule has 0 unspecified atom stereocenters. The summed E-state index contributed by atoms with van der Waals surface area (Å²) in [6.45, 7) is 2.58. The van der Waals surface area contributed by atoms with Gasteiger partial charge in [0, 0.05) is 18.5 Å². The molecule has 0 aliphatic heterocycles. The molecule has 0 bridgehead atoms. The molecule has 0 saturated carbocycles. The third-order valence-electron chi connectivity index (χ3n) is 2.91. The van der Waals surface area contributed by atoms with E-state index in [1.807, 2.05) is 0 Å². The standard InChI is InChI=1S/C12H19N5O2S2/c1-3-8-7-9-10(15-5-4-6-21(13,18)19)16-12(14-2)17-11(9)20-8/h7H,3-6H2,1-2H3,(H2,13,18,19)(H2,14,15,16,17). The smallest absolute Gasteiger partial charge is 0.225 e. The Morgan fingerprint density at radius 2 is 2.14 bits per heavy atom. The molecule has 0 aromatic carbocycles. The van der Waals surface area contributed by atoms with Gasteiger partial charge in [-0.3, -0.25) is 0 Å². The molecule has 0 saturated heterocycles. The fourth-order valence-electron chi connectivity index (χ4n) is 1.87. The lowest BCUT2D eigenvalue weighted by molar-refractivity contribution is 0.596. The van der Waals surface area contributed by atoms with Crippen molar-refractivity contribution >= 4 is 43.3 Å². The van der Waals surface area contributed by atoms with Gasteiger partial charge in [-0.25, -0.2) is 18.5 Å². The minimum absolute atomic E-state index is 0.0447. The van der Waals surface area contributed by atoms with Crippen molar-refractivity contribution in [3.05, 3.63) is 10.9 Å². The predicted octanol–water partition coefficient (Wildman–Crippen LogP) is 1.39. The van der Waals surface area contributed by atoms with Gasteiger partial charge in [-0.05, 0) is 18.9 Å². The van der Waals surface area contributed by atoms with Crippen LogP contribution in [0.1, 0.15) is 18.2 Å². The van der Waals surface area contributed by atoms with Gasteiger partial charge in [-0.2, -0.15) is 4.98 Å². The Bertz CT molecular complexity index is 727. The van der Waals surface area contributed by atoms with E-state index in [2.05, 4.69) is 33.6 Å². The monoisotopic (exact) mass is 329 g/mol. The molecule has 0 fully saturated rings. The van der Waals surface area contributed by atoms with Crippen molar-refractivity contribution in [1.82, 2.24) is 9.97 Å². The van der Waals surface area contributed by atoms with E-state index in [0.717, 1.165) is 22.5 Å². The minimum Gasteiger partial charge on any atom is -0.369 e. The van der Waals surface area contributed by atoms with Gasteiger partial charge < -0.3 is 10.6 Å². The van der Waals surface area contributed by atoms with E-state index < -0.39 is 10.0 Å². The summed E-state index contributed by atoms with van der Waals surface area (Å²) < 4.78 is 21.8. The third kappa shape index (κ3) is 4.26. The SMILES string of the molecule is CCc1cc2c(NCCCS(N)(=O)=O)nc(NC)nc2s1. The van der Waals surface area contributed by atoms with Crippen molar-refractivity contribution in [1.29, 1.82) is 0 Å². The summed E-state index contributed by atoms with van der Waals surface area (Å²) >= 11 is 1.64. The average molecular weight is 329 g/mol. The number of nitrogens with zero attached hydrogens (tertiary/aromatic N) is 2. The second kappa shape index (κ2) is 6.54. The van der Waals surface area contributed by atoms with Gasteiger partial charge in [0.2, 0.25) is 16.0 Å². The molecule has 4 N–H and O–H groups in total. The molecule has 2 rings (SSSR count). The Hall–Kier alpha value is -1.45. The second-order valence-corrected chi connectivity index (χ2v) is 7.43. The van der Waals surface area contributed by atoms with E-state index in [9.17, 15) is 8.42 Å². The predicted molar refractivity (Wildman–Crippen MR) is 87.4 cm³/mol. The molecular weight excluding hydrogens is 310 g/mol. The largest absolute Gasteiger partial charge is 0.369 e. The van der Waals surface area contributed by atoms with Gasteiger partial charge in [0.25, 0.3) is 0 Å². The van der Waals surface area contributed by atoms with Crippen LogP contribution in [-0.4, -0.2) is 37.7 Å².